The third kappa shape index (κ3) is 3.45. The molecule has 0 saturated heterocycles. The van der Waals surface area contributed by atoms with E-state index in [9.17, 15) is 4.79 Å². The van der Waals surface area contributed by atoms with Crippen molar-refractivity contribution in [2.24, 2.45) is 5.92 Å². The van der Waals surface area contributed by atoms with Crippen LogP contribution in [0.3, 0.4) is 0 Å². The van der Waals surface area contributed by atoms with Gasteiger partial charge in [-0.05, 0) is 42.2 Å². The van der Waals surface area contributed by atoms with Crippen LogP contribution in [0.1, 0.15) is 42.2 Å². The zero-order valence-electron chi connectivity index (χ0n) is 17.4. The predicted molar refractivity (Wildman–Crippen MR) is 112 cm³/mol. The summed E-state index contributed by atoms with van der Waals surface area (Å²) in [6, 6.07) is 6.92. The third-order valence-corrected chi connectivity index (χ3v) is 5.02. The normalized spacial score (nSPS) is 15.4. The van der Waals surface area contributed by atoms with Gasteiger partial charge in [-0.1, -0.05) is 13.8 Å². The number of hydrogen-bond donors (Lipinski definition) is 0. The maximum Gasteiger partial charge on any atom is 0.260 e. The topological polar surface area (TPSA) is 90.3 Å². The Kier molecular flexibility index (Phi) is 5.31. The summed E-state index contributed by atoms with van der Waals surface area (Å²) in [7, 11) is 3.15. The number of rotatable bonds is 6. The predicted octanol–water partition coefficient (Wildman–Crippen LogP) is 3.70. The van der Waals surface area contributed by atoms with Crippen molar-refractivity contribution >= 4 is 11.7 Å². The molecule has 0 saturated carbocycles. The van der Waals surface area contributed by atoms with Crippen LogP contribution in [0.5, 0.6) is 11.5 Å². The second-order valence-corrected chi connectivity index (χ2v) is 7.43. The van der Waals surface area contributed by atoms with Gasteiger partial charge in [-0.25, -0.2) is 19.9 Å². The minimum atomic E-state index is -0.174. The van der Waals surface area contributed by atoms with Crippen LogP contribution in [0.15, 0.2) is 42.9 Å². The Morgan fingerprint density at radius 3 is 2.33 bits per heavy atom. The number of benzene rings is 1. The van der Waals surface area contributed by atoms with E-state index in [4.69, 9.17) is 9.47 Å². The number of hydrogen-bond acceptors (Lipinski definition) is 7. The summed E-state index contributed by atoms with van der Waals surface area (Å²) in [4.78, 5) is 32.5. The van der Waals surface area contributed by atoms with Crippen LogP contribution in [-0.4, -0.2) is 40.1 Å². The summed E-state index contributed by atoms with van der Waals surface area (Å²) in [6.45, 7) is 4.26. The minimum Gasteiger partial charge on any atom is -0.493 e. The van der Waals surface area contributed by atoms with Gasteiger partial charge in [0.05, 0.1) is 20.3 Å². The summed E-state index contributed by atoms with van der Waals surface area (Å²) in [5.41, 5.74) is 1.50. The van der Waals surface area contributed by atoms with Crippen molar-refractivity contribution in [3.8, 4) is 23.1 Å². The molecule has 3 heterocycles. The molecule has 0 aliphatic carbocycles. The van der Waals surface area contributed by atoms with Crippen molar-refractivity contribution in [1.82, 2.24) is 19.9 Å². The second kappa shape index (κ2) is 8.06. The Balaban J connectivity index is 1.82. The third-order valence-electron chi connectivity index (χ3n) is 5.02. The van der Waals surface area contributed by atoms with E-state index in [0.29, 0.717) is 40.4 Å². The van der Waals surface area contributed by atoms with Gasteiger partial charge >= 0.3 is 0 Å². The average molecular weight is 405 g/mol. The SMILES string of the molecule is COc1cc2c(cc1OC)C(CC(C)C)N(c1ccnc(-c3ncccn3)n1)C2=O. The maximum absolute atomic E-state index is 13.4. The Hall–Kier alpha value is -3.55. The highest BCUT2D eigenvalue weighted by Gasteiger charge is 2.40. The van der Waals surface area contributed by atoms with Gasteiger partial charge in [0, 0.05) is 24.2 Å². The zero-order valence-corrected chi connectivity index (χ0v) is 17.4. The molecule has 0 spiro atoms. The molecule has 1 aliphatic rings. The molecule has 1 aromatic carbocycles. The molecule has 0 fully saturated rings. The molecule has 4 rings (SSSR count). The van der Waals surface area contributed by atoms with Crippen LogP contribution in [0.25, 0.3) is 11.6 Å². The standard InChI is InChI=1S/C22H23N5O3/c1-13(2)10-16-14-11-17(29-3)18(30-4)12-15(14)22(28)27(16)19-6-9-25-21(26-19)20-23-7-5-8-24-20/h5-9,11-13,16H,10H2,1-4H3. The van der Waals surface area contributed by atoms with E-state index in [1.807, 2.05) is 6.07 Å². The number of methoxy groups -OCH3 is 2. The fourth-order valence-corrected chi connectivity index (χ4v) is 3.71. The molecular weight excluding hydrogens is 382 g/mol. The largest absolute Gasteiger partial charge is 0.493 e. The van der Waals surface area contributed by atoms with Crippen molar-refractivity contribution < 1.29 is 14.3 Å². The molecule has 0 N–H and O–H groups in total. The lowest BCUT2D eigenvalue weighted by molar-refractivity contribution is 0.0988. The number of fused-ring (bicyclic) bond motifs is 1. The van der Waals surface area contributed by atoms with E-state index in [0.717, 1.165) is 12.0 Å². The molecule has 3 aromatic rings. The lowest BCUT2D eigenvalue weighted by Gasteiger charge is -2.26. The van der Waals surface area contributed by atoms with Gasteiger partial charge in [0.15, 0.2) is 23.1 Å². The van der Waals surface area contributed by atoms with Crippen molar-refractivity contribution in [1.29, 1.82) is 0 Å². The Bertz CT molecular complexity index is 1070. The number of ether oxygens (including phenoxy) is 2. The van der Waals surface area contributed by atoms with E-state index in [-0.39, 0.29) is 11.9 Å². The first kappa shape index (κ1) is 19.8. The molecule has 0 radical (unpaired) electrons. The van der Waals surface area contributed by atoms with Crippen LogP contribution in [0.4, 0.5) is 5.82 Å². The van der Waals surface area contributed by atoms with Crippen LogP contribution in [0, 0.1) is 5.92 Å². The average Bonchev–Trinajstić information content (AvgIpc) is 3.03. The van der Waals surface area contributed by atoms with E-state index in [2.05, 4.69) is 33.8 Å². The molecule has 154 valence electrons. The van der Waals surface area contributed by atoms with Gasteiger partial charge in [-0.2, -0.15) is 0 Å². The summed E-state index contributed by atoms with van der Waals surface area (Å²) >= 11 is 0. The van der Waals surface area contributed by atoms with Gasteiger partial charge < -0.3 is 9.47 Å². The maximum atomic E-state index is 13.4. The van der Waals surface area contributed by atoms with Gasteiger partial charge in [0.2, 0.25) is 0 Å². The number of amides is 1. The lowest BCUT2D eigenvalue weighted by atomic mass is 9.96. The highest BCUT2D eigenvalue weighted by Crippen LogP contribution is 2.44. The first-order chi connectivity index (χ1) is 14.5. The number of carbonyl (C=O) groups excluding carboxylic acids is 1. The monoisotopic (exact) mass is 405 g/mol. The molecule has 8 heteroatoms. The molecular formula is C22H23N5O3. The minimum absolute atomic E-state index is 0.129. The van der Waals surface area contributed by atoms with E-state index in [1.165, 1.54) is 0 Å². The van der Waals surface area contributed by atoms with Crippen molar-refractivity contribution in [3.05, 3.63) is 54.0 Å². The number of nitrogens with zero attached hydrogens (tertiary/aromatic N) is 5. The summed E-state index contributed by atoms with van der Waals surface area (Å²) in [5.74, 6) is 2.65. The quantitative estimate of drug-likeness (QED) is 0.618. The highest BCUT2D eigenvalue weighted by atomic mass is 16.5. The van der Waals surface area contributed by atoms with Crippen LogP contribution < -0.4 is 14.4 Å². The first-order valence-electron chi connectivity index (χ1n) is 9.73. The van der Waals surface area contributed by atoms with E-state index in [1.54, 1.807) is 55.9 Å². The summed E-state index contributed by atoms with van der Waals surface area (Å²) in [6.07, 6.45) is 5.66. The molecule has 1 atom stereocenters. The highest BCUT2D eigenvalue weighted by molar-refractivity contribution is 6.11. The lowest BCUT2D eigenvalue weighted by Crippen LogP contribution is -2.29. The Morgan fingerprint density at radius 1 is 1.00 bits per heavy atom. The molecule has 0 bridgehead atoms. The zero-order chi connectivity index (χ0) is 21.3. The number of anilines is 1. The van der Waals surface area contributed by atoms with Crippen molar-refractivity contribution in [3.63, 3.8) is 0 Å². The van der Waals surface area contributed by atoms with Crippen LogP contribution in [-0.2, 0) is 0 Å². The number of aromatic nitrogens is 4. The fourth-order valence-electron chi connectivity index (χ4n) is 3.71. The first-order valence-corrected chi connectivity index (χ1v) is 9.73. The van der Waals surface area contributed by atoms with E-state index >= 15 is 0 Å². The van der Waals surface area contributed by atoms with Gasteiger partial charge in [0.1, 0.15) is 5.82 Å². The van der Waals surface area contributed by atoms with Gasteiger partial charge in [0.25, 0.3) is 5.91 Å². The molecule has 2 aromatic heterocycles. The van der Waals surface area contributed by atoms with Crippen molar-refractivity contribution in [2.45, 2.75) is 26.3 Å². The molecule has 1 amide bonds. The summed E-state index contributed by atoms with van der Waals surface area (Å²) in [5, 5.41) is 0. The Morgan fingerprint density at radius 2 is 1.67 bits per heavy atom. The van der Waals surface area contributed by atoms with Gasteiger partial charge in [-0.3, -0.25) is 9.69 Å². The van der Waals surface area contributed by atoms with Crippen molar-refractivity contribution in [2.75, 3.05) is 19.1 Å². The summed E-state index contributed by atoms with van der Waals surface area (Å²) < 4.78 is 10.9. The molecule has 1 aliphatic heterocycles. The van der Waals surface area contributed by atoms with Crippen LogP contribution in [0.2, 0.25) is 0 Å². The smallest absolute Gasteiger partial charge is 0.260 e. The number of carbonyl (C=O) groups is 1. The molecule has 1 unspecified atom stereocenters. The molecule has 8 nitrogen and oxygen atoms in total. The second-order valence-electron chi connectivity index (χ2n) is 7.43. The van der Waals surface area contributed by atoms with Gasteiger partial charge in [-0.15, -0.1) is 0 Å². The fraction of sp³-hybridized carbons (Fsp3) is 0.318. The van der Waals surface area contributed by atoms with Crippen LogP contribution >= 0.6 is 0 Å². The molecule has 30 heavy (non-hydrogen) atoms. The van der Waals surface area contributed by atoms with E-state index < -0.39 is 0 Å². The Labute approximate surface area is 174 Å².